The Labute approximate surface area is 195 Å². The molecule has 0 aliphatic carbocycles. The quantitative estimate of drug-likeness (QED) is 0.570. The van der Waals surface area contributed by atoms with Crippen molar-refractivity contribution >= 4 is 12.0 Å². The van der Waals surface area contributed by atoms with Crippen molar-refractivity contribution in [2.45, 2.75) is 70.5 Å². The van der Waals surface area contributed by atoms with E-state index in [1.807, 2.05) is 0 Å². The van der Waals surface area contributed by atoms with E-state index in [1.54, 1.807) is 49.9 Å². The fourth-order valence-electron chi connectivity index (χ4n) is 3.78. The lowest BCUT2D eigenvalue weighted by Gasteiger charge is -2.26. The summed E-state index contributed by atoms with van der Waals surface area (Å²) in [4.78, 5) is 27.1. The number of ether oxygens (including phenoxy) is 4. The van der Waals surface area contributed by atoms with E-state index >= 15 is 0 Å². The van der Waals surface area contributed by atoms with Crippen LogP contribution in [-0.4, -0.2) is 72.9 Å². The first-order valence-corrected chi connectivity index (χ1v) is 11.6. The van der Waals surface area contributed by atoms with Crippen molar-refractivity contribution < 1.29 is 33.6 Å². The van der Waals surface area contributed by atoms with Crippen molar-refractivity contribution in [1.29, 1.82) is 0 Å². The van der Waals surface area contributed by atoms with Gasteiger partial charge in [-0.1, -0.05) is 12.1 Å². The maximum absolute atomic E-state index is 13.1. The molecule has 33 heavy (non-hydrogen) atoms. The number of benzene rings is 1. The second-order valence-corrected chi connectivity index (χ2v) is 9.39. The minimum atomic E-state index is -0.925. The number of aliphatic hydroxyl groups is 1. The number of alkyl carbamates (subject to hydrolysis) is 1. The average Bonchev–Trinajstić information content (AvgIpc) is 3.21. The number of likely N-dealkylation sites (tertiary alicyclic amines) is 1. The molecule has 0 radical (unpaired) electrons. The molecule has 9 nitrogen and oxygen atoms in total. The zero-order valence-electron chi connectivity index (χ0n) is 19.7. The summed E-state index contributed by atoms with van der Waals surface area (Å²) >= 11 is 0. The molecule has 1 aromatic rings. The Morgan fingerprint density at radius 2 is 1.94 bits per heavy atom. The van der Waals surface area contributed by atoms with Gasteiger partial charge >= 0.3 is 6.09 Å². The molecular weight excluding hydrogens is 428 g/mol. The van der Waals surface area contributed by atoms with Gasteiger partial charge < -0.3 is 34.3 Å². The number of hydrogen-bond acceptors (Lipinski definition) is 7. The molecule has 2 unspecified atom stereocenters. The van der Waals surface area contributed by atoms with E-state index in [1.165, 1.54) is 0 Å². The first-order chi connectivity index (χ1) is 15.7. The van der Waals surface area contributed by atoms with Gasteiger partial charge in [0.2, 0.25) is 5.91 Å². The smallest absolute Gasteiger partial charge is 0.408 e. The lowest BCUT2D eigenvalue weighted by molar-refractivity contribution is -0.165. The van der Waals surface area contributed by atoms with Crippen LogP contribution in [0.3, 0.4) is 0 Å². The van der Waals surface area contributed by atoms with Gasteiger partial charge in [0, 0.05) is 19.7 Å². The lowest BCUT2D eigenvalue weighted by atomic mass is 10.1. The van der Waals surface area contributed by atoms with Gasteiger partial charge in [0.25, 0.3) is 0 Å². The van der Waals surface area contributed by atoms with E-state index < -0.39 is 23.8 Å². The maximum Gasteiger partial charge on any atom is 0.408 e. The average molecular weight is 465 g/mol. The lowest BCUT2D eigenvalue weighted by Crippen LogP contribution is -2.44. The number of aliphatic hydroxyl groups excluding tert-OH is 1. The van der Waals surface area contributed by atoms with E-state index in [0.717, 1.165) is 25.9 Å². The summed E-state index contributed by atoms with van der Waals surface area (Å²) in [5.41, 5.74) is -0.0873. The Balaban J connectivity index is 1.59. The van der Waals surface area contributed by atoms with Crippen LogP contribution in [0, 0.1) is 0 Å². The van der Waals surface area contributed by atoms with Crippen molar-refractivity contribution in [2.24, 2.45) is 0 Å². The van der Waals surface area contributed by atoms with Crippen LogP contribution < -0.4 is 10.1 Å². The summed E-state index contributed by atoms with van der Waals surface area (Å²) in [5.74, 6) is 0.346. The van der Waals surface area contributed by atoms with Gasteiger partial charge in [0.15, 0.2) is 6.29 Å². The van der Waals surface area contributed by atoms with Crippen molar-refractivity contribution in [1.82, 2.24) is 10.2 Å². The summed E-state index contributed by atoms with van der Waals surface area (Å²) in [6.45, 7) is 7.51. The van der Waals surface area contributed by atoms with Crippen LogP contribution in [0.25, 0.3) is 0 Å². The van der Waals surface area contributed by atoms with Gasteiger partial charge in [-0.25, -0.2) is 4.79 Å². The van der Waals surface area contributed by atoms with Gasteiger partial charge in [-0.15, -0.1) is 0 Å². The predicted octanol–water partition coefficient (Wildman–Crippen LogP) is 2.77. The number of carbonyl (C=O) groups is 2. The molecule has 9 heteroatoms. The zero-order valence-corrected chi connectivity index (χ0v) is 19.7. The number of β-amino-alcohol motifs (C(OH)–C–C–N with tert-alkyl or cyclic N) is 1. The molecule has 2 amide bonds. The molecule has 184 valence electrons. The molecule has 0 bridgehead atoms. The predicted molar refractivity (Wildman–Crippen MR) is 121 cm³/mol. The van der Waals surface area contributed by atoms with Gasteiger partial charge in [0.1, 0.15) is 24.0 Å². The van der Waals surface area contributed by atoms with Crippen LogP contribution >= 0.6 is 0 Å². The minimum Gasteiger partial charge on any atom is -0.491 e. The number of hydrogen-bond donors (Lipinski definition) is 2. The molecule has 0 aromatic heterocycles. The zero-order chi connectivity index (χ0) is 23.8. The summed E-state index contributed by atoms with van der Waals surface area (Å²) < 4.78 is 22.3. The van der Waals surface area contributed by atoms with Crippen LogP contribution in [0.4, 0.5) is 4.79 Å². The van der Waals surface area contributed by atoms with E-state index in [9.17, 15) is 14.7 Å². The van der Waals surface area contributed by atoms with Crippen LogP contribution in [0.2, 0.25) is 0 Å². The van der Waals surface area contributed by atoms with Crippen LogP contribution in [-0.2, 0) is 19.0 Å². The maximum atomic E-state index is 13.1. The van der Waals surface area contributed by atoms with E-state index in [-0.39, 0.29) is 18.7 Å². The Kier molecular flexibility index (Phi) is 8.94. The topological polar surface area (TPSA) is 107 Å². The Hall–Kier alpha value is -2.36. The summed E-state index contributed by atoms with van der Waals surface area (Å²) in [6.07, 6.45) is 2.23. The molecule has 0 saturated carbocycles. The third kappa shape index (κ3) is 8.17. The third-order valence-electron chi connectivity index (χ3n) is 5.39. The monoisotopic (exact) mass is 464 g/mol. The molecule has 2 fully saturated rings. The highest BCUT2D eigenvalue weighted by Gasteiger charge is 2.33. The first-order valence-electron chi connectivity index (χ1n) is 11.6. The molecule has 2 N–H and O–H groups in total. The highest BCUT2D eigenvalue weighted by Crippen LogP contribution is 2.23. The second-order valence-electron chi connectivity index (χ2n) is 9.39. The van der Waals surface area contributed by atoms with Crippen molar-refractivity contribution in [2.75, 3.05) is 32.9 Å². The van der Waals surface area contributed by atoms with E-state index in [4.69, 9.17) is 18.9 Å². The van der Waals surface area contributed by atoms with Gasteiger partial charge in [-0.3, -0.25) is 4.79 Å². The van der Waals surface area contributed by atoms with Crippen LogP contribution in [0.15, 0.2) is 24.3 Å². The summed E-state index contributed by atoms with van der Waals surface area (Å²) in [5, 5.41) is 12.5. The molecule has 3 atom stereocenters. The standard InChI is InChI=1S/C24H36N2O7/c1-24(2,3)33-23(29)25-21(22(28)26-12-11-18(27)16-26)17-7-9-19(10-8-17)30-14-15-32-20-6-4-5-13-31-20/h7-10,18,20-21,27H,4-6,11-16H2,1-3H3,(H,25,29)/t18-,20?,21?/m0/s1. The van der Waals surface area contributed by atoms with Gasteiger partial charge in [-0.05, 0) is 64.2 Å². The SMILES string of the molecule is CC(C)(C)OC(=O)NC(C(=O)N1CC[C@H](O)C1)c1ccc(OCCOC2CCCCO2)cc1. The van der Waals surface area contributed by atoms with Gasteiger partial charge in [-0.2, -0.15) is 0 Å². The molecule has 2 saturated heterocycles. The summed E-state index contributed by atoms with van der Waals surface area (Å²) in [6, 6.07) is 6.07. The Bertz CT molecular complexity index is 772. The second kappa shape index (κ2) is 11.7. The fourth-order valence-corrected chi connectivity index (χ4v) is 3.78. The Morgan fingerprint density at radius 3 is 2.55 bits per heavy atom. The molecular formula is C24H36N2O7. The normalized spacial score (nSPS) is 22.0. The molecule has 2 aliphatic heterocycles. The highest BCUT2D eigenvalue weighted by atomic mass is 16.7. The number of rotatable bonds is 8. The number of nitrogens with zero attached hydrogens (tertiary/aromatic N) is 1. The number of nitrogens with one attached hydrogen (secondary N) is 1. The highest BCUT2D eigenvalue weighted by molar-refractivity contribution is 5.87. The molecule has 0 spiro atoms. The van der Waals surface area contributed by atoms with Crippen LogP contribution in [0.1, 0.15) is 58.1 Å². The molecule has 2 aliphatic rings. The third-order valence-corrected chi connectivity index (χ3v) is 5.39. The van der Waals surface area contributed by atoms with Crippen LogP contribution in [0.5, 0.6) is 5.75 Å². The van der Waals surface area contributed by atoms with E-state index in [2.05, 4.69) is 5.32 Å². The van der Waals surface area contributed by atoms with E-state index in [0.29, 0.717) is 37.5 Å². The van der Waals surface area contributed by atoms with Crippen molar-refractivity contribution in [3.05, 3.63) is 29.8 Å². The molecule has 2 heterocycles. The van der Waals surface area contributed by atoms with Crippen molar-refractivity contribution in [3.63, 3.8) is 0 Å². The number of carbonyl (C=O) groups excluding carboxylic acids is 2. The first kappa shape index (κ1) is 25.3. The minimum absolute atomic E-state index is 0.153. The molecule has 1 aromatic carbocycles. The fraction of sp³-hybridized carbons (Fsp3) is 0.667. The molecule has 3 rings (SSSR count). The summed E-state index contributed by atoms with van der Waals surface area (Å²) in [7, 11) is 0. The Morgan fingerprint density at radius 1 is 1.18 bits per heavy atom. The van der Waals surface area contributed by atoms with Gasteiger partial charge in [0.05, 0.1) is 12.7 Å². The number of amides is 2. The van der Waals surface area contributed by atoms with Crippen molar-refractivity contribution in [3.8, 4) is 5.75 Å². The largest absolute Gasteiger partial charge is 0.491 e.